The van der Waals surface area contributed by atoms with E-state index in [0.717, 1.165) is 41.3 Å². The highest BCUT2D eigenvalue weighted by Gasteiger charge is 2.59. The molecule has 3 fully saturated rings. The fourth-order valence-electron chi connectivity index (χ4n) is 10.6. The minimum Gasteiger partial charge on any atom is -0.497 e. The molecule has 2 aromatic rings. The molecule has 5 heteroatoms. The SMILES string of the molecule is CC(=O)c1ccc(C(C)=O)cc1.COC1CCC2(C)C(=CCC3C2CCC2(C)C(C(C)CCCC(C)C)CCC32)C1.COc1ccc(C(C)=O)cc1. The fraction of sp³-hybridized carbons (Fsp3) is 0.638. The summed E-state index contributed by atoms with van der Waals surface area (Å²) in [6.45, 7) is 17.2. The van der Waals surface area contributed by atoms with Crippen LogP contribution in [-0.4, -0.2) is 37.7 Å². The van der Waals surface area contributed by atoms with Gasteiger partial charge >= 0.3 is 0 Å². The molecule has 2 aromatic carbocycles. The van der Waals surface area contributed by atoms with Gasteiger partial charge in [-0.05, 0) is 143 Å². The first-order chi connectivity index (χ1) is 24.6. The van der Waals surface area contributed by atoms with Crippen LogP contribution in [0.15, 0.2) is 60.2 Å². The Hall–Kier alpha value is -3.05. The molecule has 3 saturated carbocycles. The predicted octanol–water partition coefficient (Wildman–Crippen LogP) is 12.0. The number of benzene rings is 2. The summed E-state index contributed by atoms with van der Waals surface area (Å²) in [4.78, 5) is 32.5. The van der Waals surface area contributed by atoms with Crippen LogP contribution in [0.25, 0.3) is 0 Å². The minimum absolute atomic E-state index is 0.0186. The van der Waals surface area contributed by atoms with Crippen LogP contribution in [0.4, 0.5) is 0 Å². The molecular weight excluding hydrogens is 645 g/mol. The topological polar surface area (TPSA) is 69.7 Å². The second kappa shape index (κ2) is 18.3. The zero-order valence-electron chi connectivity index (χ0n) is 34.1. The molecule has 0 bridgehead atoms. The fourth-order valence-corrected chi connectivity index (χ4v) is 10.6. The second-order valence-corrected chi connectivity index (χ2v) is 17.4. The van der Waals surface area contributed by atoms with Crippen LogP contribution in [0.5, 0.6) is 5.75 Å². The van der Waals surface area contributed by atoms with Crippen molar-refractivity contribution in [2.45, 2.75) is 132 Å². The van der Waals surface area contributed by atoms with E-state index in [2.05, 4.69) is 40.7 Å². The van der Waals surface area contributed by atoms with E-state index in [1.165, 1.54) is 84.5 Å². The monoisotopic (exact) mass is 713 g/mol. The molecule has 4 aliphatic rings. The van der Waals surface area contributed by atoms with Gasteiger partial charge < -0.3 is 9.47 Å². The number of hydrogen-bond acceptors (Lipinski definition) is 5. The predicted molar refractivity (Wildman–Crippen MR) is 213 cm³/mol. The molecule has 8 atom stereocenters. The normalized spacial score (nSPS) is 29.4. The number of carbonyl (C=O) groups is 3. The highest BCUT2D eigenvalue weighted by atomic mass is 16.5. The van der Waals surface area contributed by atoms with Crippen molar-refractivity contribution in [1.29, 1.82) is 0 Å². The van der Waals surface area contributed by atoms with Crippen LogP contribution in [0, 0.1) is 46.3 Å². The Balaban J connectivity index is 0.000000216. The molecule has 0 aromatic heterocycles. The van der Waals surface area contributed by atoms with Crippen LogP contribution in [-0.2, 0) is 4.74 Å². The molecule has 286 valence electrons. The number of Topliss-reactive ketones (excluding diaryl/α,β-unsaturated/α-hetero) is 3. The van der Waals surface area contributed by atoms with Gasteiger partial charge in [0.1, 0.15) is 5.75 Å². The number of carbonyl (C=O) groups excluding carboxylic acids is 3. The third-order valence-corrected chi connectivity index (χ3v) is 13.8. The molecule has 52 heavy (non-hydrogen) atoms. The summed E-state index contributed by atoms with van der Waals surface area (Å²) >= 11 is 0. The molecule has 5 nitrogen and oxygen atoms in total. The zero-order valence-corrected chi connectivity index (χ0v) is 34.1. The average molecular weight is 713 g/mol. The third kappa shape index (κ3) is 9.73. The van der Waals surface area contributed by atoms with Gasteiger partial charge in [0.15, 0.2) is 17.3 Å². The van der Waals surface area contributed by atoms with Crippen LogP contribution >= 0.6 is 0 Å². The molecule has 4 aliphatic carbocycles. The van der Waals surface area contributed by atoms with E-state index in [9.17, 15) is 14.4 Å². The molecule has 0 amide bonds. The Labute approximate surface area is 315 Å². The number of rotatable bonds is 10. The maximum Gasteiger partial charge on any atom is 0.159 e. The number of methoxy groups -OCH3 is 2. The summed E-state index contributed by atoms with van der Waals surface area (Å²) in [5, 5.41) is 0. The van der Waals surface area contributed by atoms with Gasteiger partial charge in [0, 0.05) is 23.8 Å². The first kappa shape index (κ1) is 41.7. The van der Waals surface area contributed by atoms with Crippen LogP contribution in [0.3, 0.4) is 0 Å². The minimum atomic E-state index is 0.0186. The lowest BCUT2D eigenvalue weighted by Gasteiger charge is -2.58. The third-order valence-electron chi connectivity index (χ3n) is 13.8. The lowest BCUT2D eigenvalue weighted by Crippen LogP contribution is -2.50. The van der Waals surface area contributed by atoms with Gasteiger partial charge in [0.2, 0.25) is 0 Å². The summed E-state index contributed by atoms with van der Waals surface area (Å²) in [6, 6.07) is 13.7. The molecular formula is C47H68O5. The van der Waals surface area contributed by atoms with Crippen molar-refractivity contribution in [2.24, 2.45) is 46.3 Å². The Morgan fingerprint density at radius 3 is 1.79 bits per heavy atom. The standard InChI is InChI=1S/C28H48O.C10H10O2.C9H10O2/c1-19(2)8-7-9-20(3)24-12-13-25-23-11-10-21-18-22(29-6)14-16-27(21,4)26(23)15-17-28(24,25)5;1-7(11)9-3-5-10(6-4-9)8(2)12;1-7(10)8-3-5-9(11-2)6-4-8/h10,19-20,22-26H,7-9,11-18H2,1-6H3;3-6H,1-2H3;3-6H,1-2H3. The average Bonchev–Trinajstić information content (AvgIpc) is 3.49. The van der Waals surface area contributed by atoms with Gasteiger partial charge in [-0.25, -0.2) is 0 Å². The Morgan fingerprint density at radius 2 is 1.29 bits per heavy atom. The van der Waals surface area contributed by atoms with Gasteiger partial charge in [0.05, 0.1) is 13.2 Å². The van der Waals surface area contributed by atoms with Crippen molar-refractivity contribution in [3.63, 3.8) is 0 Å². The Bertz CT molecular complexity index is 1490. The van der Waals surface area contributed by atoms with Gasteiger partial charge in [-0.1, -0.05) is 89.8 Å². The number of ether oxygens (including phenoxy) is 2. The first-order valence-corrected chi connectivity index (χ1v) is 20.1. The molecule has 0 heterocycles. The summed E-state index contributed by atoms with van der Waals surface area (Å²) in [6.07, 6.45) is 18.7. The van der Waals surface area contributed by atoms with Crippen LogP contribution in [0.1, 0.15) is 157 Å². The molecule has 0 aliphatic heterocycles. The number of allylic oxidation sites excluding steroid dienone is 1. The highest BCUT2D eigenvalue weighted by molar-refractivity contribution is 5.97. The van der Waals surface area contributed by atoms with Crippen molar-refractivity contribution in [3.05, 3.63) is 76.9 Å². The molecule has 6 rings (SSSR count). The Morgan fingerprint density at radius 1 is 0.731 bits per heavy atom. The van der Waals surface area contributed by atoms with Crippen molar-refractivity contribution >= 4 is 17.3 Å². The van der Waals surface area contributed by atoms with Crippen molar-refractivity contribution in [2.75, 3.05) is 14.2 Å². The quantitative estimate of drug-likeness (QED) is 0.181. The molecule has 0 saturated heterocycles. The molecule has 8 unspecified atom stereocenters. The van der Waals surface area contributed by atoms with Gasteiger partial charge in [-0.15, -0.1) is 0 Å². The summed E-state index contributed by atoms with van der Waals surface area (Å²) in [7, 11) is 3.51. The van der Waals surface area contributed by atoms with E-state index < -0.39 is 0 Å². The summed E-state index contributed by atoms with van der Waals surface area (Å²) in [5.41, 5.74) is 4.84. The van der Waals surface area contributed by atoms with Gasteiger partial charge in [-0.3, -0.25) is 14.4 Å². The van der Waals surface area contributed by atoms with Crippen molar-refractivity contribution in [3.8, 4) is 5.75 Å². The second-order valence-electron chi connectivity index (χ2n) is 17.4. The van der Waals surface area contributed by atoms with E-state index in [-0.39, 0.29) is 17.3 Å². The van der Waals surface area contributed by atoms with Crippen molar-refractivity contribution < 1.29 is 23.9 Å². The van der Waals surface area contributed by atoms with E-state index in [1.807, 2.05) is 7.11 Å². The van der Waals surface area contributed by atoms with E-state index in [0.29, 0.717) is 33.6 Å². The maximum absolute atomic E-state index is 10.8. The number of fused-ring (bicyclic) bond motifs is 5. The molecule has 0 radical (unpaired) electrons. The van der Waals surface area contributed by atoms with Crippen LogP contribution < -0.4 is 4.74 Å². The van der Waals surface area contributed by atoms with E-state index in [4.69, 9.17) is 9.47 Å². The molecule has 0 spiro atoms. The highest BCUT2D eigenvalue weighted by Crippen LogP contribution is 2.67. The lowest BCUT2D eigenvalue weighted by atomic mass is 9.47. The number of hydrogen-bond donors (Lipinski definition) is 0. The summed E-state index contributed by atoms with van der Waals surface area (Å²) in [5.74, 6) is 6.52. The lowest BCUT2D eigenvalue weighted by molar-refractivity contribution is -0.0601. The largest absolute Gasteiger partial charge is 0.497 e. The zero-order chi connectivity index (χ0) is 38.2. The van der Waals surface area contributed by atoms with E-state index >= 15 is 0 Å². The number of ketones is 3. The Kier molecular flexibility index (Phi) is 14.7. The van der Waals surface area contributed by atoms with Crippen LogP contribution in [0.2, 0.25) is 0 Å². The van der Waals surface area contributed by atoms with E-state index in [1.54, 1.807) is 68.1 Å². The van der Waals surface area contributed by atoms with Crippen molar-refractivity contribution in [1.82, 2.24) is 0 Å². The maximum atomic E-state index is 10.8. The summed E-state index contributed by atoms with van der Waals surface area (Å²) < 4.78 is 10.7. The first-order valence-electron chi connectivity index (χ1n) is 20.1. The van der Waals surface area contributed by atoms with Gasteiger partial charge in [-0.2, -0.15) is 0 Å². The van der Waals surface area contributed by atoms with Gasteiger partial charge in [0.25, 0.3) is 0 Å². The molecule has 0 N–H and O–H groups in total. The smallest absolute Gasteiger partial charge is 0.159 e.